The number of fused-ring (bicyclic) bond motifs is 8. The van der Waals surface area contributed by atoms with Crippen LogP contribution in [0.25, 0.3) is 22.3 Å². The van der Waals surface area contributed by atoms with Crippen LogP contribution in [-0.2, 0) is 0 Å². The van der Waals surface area contributed by atoms with Crippen molar-refractivity contribution in [2.75, 3.05) is 0 Å². The highest BCUT2D eigenvalue weighted by Gasteiger charge is 2.25. The van der Waals surface area contributed by atoms with Gasteiger partial charge in [0.2, 0.25) is 0 Å². The fourth-order valence-electron chi connectivity index (χ4n) is 7.13. The summed E-state index contributed by atoms with van der Waals surface area (Å²) in [6.07, 6.45) is 0. The first kappa shape index (κ1) is 33.3. The zero-order valence-electron chi connectivity index (χ0n) is 27.4. The number of rotatable bonds is 4. The Balaban J connectivity index is 1.52. The van der Waals surface area contributed by atoms with Gasteiger partial charge in [0, 0.05) is 43.7 Å². The van der Waals surface area contributed by atoms with Crippen molar-refractivity contribution in [1.29, 1.82) is 0 Å². The van der Waals surface area contributed by atoms with Crippen molar-refractivity contribution in [3.8, 4) is 0 Å². The van der Waals surface area contributed by atoms with Crippen molar-refractivity contribution >= 4 is 86.0 Å². The summed E-state index contributed by atoms with van der Waals surface area (Å²) in [6, 6.07) is 50.8. The first-order chi connectivity index (χ1) is 25.5. The van der Waals surface area contributed by atoms with Gasteiger partial charge in [-0.15, -0.1) is 0 Å². The molecule has 1 aliphatic rings. The molecule has 0 radical (unpaired) electrons. The quantitative estimate of drug-likeness (QED) is 0.136. The lowest BCUT2D eigenvalue weighted by Crippen LogP contribution is -2.19. The number of halogens is 4. The molecule has 4 N–H and O–H groups in total. The zero-order chi connectivity index (χ0) is 35.3. The number of benzene rings is 4. The summed E-state index contributed by atoms with van der Waals surface area (Å²) < 4.78 is 3.74. The van der Waals surface area contributed by atoms with Crippen molar-refractivity contribution in [2.24, 2.45) is 0 Å². The fraction of sp³-hybridized carbons (Fsp3) is 0. The minimum Gasteiger partial charge on any atom is -0.354 e. The maximum absolute atomic E-state index is 4.03. The Labute approximate surface area is 333 Å². The molecule has 0 atom stereocenters. The van der Waals surface area contributed by atoms with Gasteiger partial charge in [0.05, 0.1) is 40.7 Å². The summed E-state index contributed by atoms with van der Waals surface area (Å²) in [5.74, 6) is 0. The van der Waals surface area contributed by atoms with E-state index in [4.69, 9.17) is 0 Å². The molecule has 4 aromatic carbocycles. The Hall–Kier alpha value is -4.60. The Morgan fingerprint density at radius 3 is 0.673 bits per heavy atom. The number of aromatic nitrogens is 4. The van der Waals surface area contributed by atoms with Gasteiger partial charge in [-0.3, -0.25) is 0 Å². The molecular weight excluding hydrogens is 904 g/mol. The standard InChI is InChI=1S/C44H28Br4N4/c45-37-38(46)42-35(27-17-9-3-10-18-27)31-23-24-32(50-31)36(28-19-11-4-12-20-28)44-40(48)39(47)43(52-44)34(26-15-7-2-8-16-26)30-22-21-29(49-30)33(41(37)51-42)25-13-5-1-6-14-25/h1-24,49-52H/b33-29-,34-30-,35-31-,36-32-,41-33?,42-35?,43-34?,44-36?. The highest BCUT2D eigenvalue weighted by molar-refractivity contribution is 9.13. The third kappa shape index (κ3) is 5.69. The van der Waals surface area contributed by atoms with Crippen LogP contribution in [0.15, 0.2) is 163 Å². The van der Waals surface area contributed by atoms with Crippen molar-refractivity contribution in [1.82, 2.24) is 19.9 Å². The zero-order valence-corrected chi connectivity index (χ0v) is 33.7. The highest BCUT2D eigenvalue weighted by atomic mass is 79.9. The van der Waals surface area contributed by atoms with Gasteiger partial charge in [-0.2, -0.15) is 0 Å². The third-order valence-electron chi connectivity index (χ3n) is 9.46. The molecule has 0 amide bonds. The average molecular weight is 932 g/mol. The molecule has 4 aromatic heterocycles. The number of hydrogen-bond donors (Lipinski definition) is 4. The minimum absolute atomic E-state index is 0.936. The lowest BCUT2D eigenvalue weighted by atomic mass is 10.0. The number of hydrogen-bond acceptors (Lipinski definition) is 0. The van der Waals surface area contributed by atoms with Crippen LogP contribution in [0.3, 0.4) is 0 Å². The Morgan fingerprint density at radius 1 is 0.250 bits per heavy atom. The SMILES string of the molecule is Brc1c2[nH]c(c1Br)/C(c1ccccc1)=c1/cc/c([nH]1)=C(\c1ccccc1)c1[nH]c(c(Br)c1Br)/C(c1ccccc1)=c1/cc/c([nH]1)=C/2c1ccccc1. The van der Waals surface area contributed by atoms with E-state index in [0.717, 1.165) is 107 Å². The third-order valence-corrected chi connectivity index (χ3v) is 13.7. The van der Waals surface area contributed by atoms with Gasteiger partial charge in [-0.1, -0.05) is 121 Å². The Kier molecular flexibility index (Phi) is 8.79. The molecule has 4 nitrogen and oxygen atoms in total. The number of nitrogens with one attached hydrogen (secondary N) is 4. The van der Waals surface area contributed by atoms with Gasteiger partial charge in [-0.25, -0.2) is 0 Å². The average Bonchev–Trinajstić information content (AvgIpc) is 3.98. The summed E-state index contributed by atoms with van der Waals surface area (Å²) >= 11 is 16.1. The fourth-order valence-corrected chi connectivity index (χ4v) is 9.11. The van der Waals surface area contributed by atoms with Crippen LogP contribution in [0.2, 0.25) is 0 Å². The maximum atomic E-state index is 4.03. The van der Waals surface area contributed by atoms with Crippen LogP contribution in [0, 0.1) is 0 Å². The molecular formula is C44H28Br4N4. The maximum Gasteiger partial charge on any atom is 0.0642 e. The normalized spacial score (nSPS) is 17.0. The van der Waals surface area contributed by atoms with Gasteiger partial charge < -0.3 is 19.9 Å². The van der Waals surface area contributed by atoms with Crippen molar-refractivity contribution in [3.05, 3.63) is 230 Å². The molecule has 252 valence electrons. The van der Waals surface area contributed by atoms with Crippen LogP contribution in [0.4, 0.5) is 0 Å². The van der Waals surface area contributed by atoms with Crippen LogP contribution in [-0.4, -0.2) is 19.9 Å². The monoisotopic (exact) mass is 928 g/mol. The van der Waals surface area contributed by atoms with E-state index < -0.39 is 0 Å². The molecule has 0 saturated heterocycles. The van der Waals surface area contributed by atoms with E-state index >= 15 is 0 Å². The molecule has 9 rings (SSSR count). The van der Waals surface area contributed by atoms with Gasteiger partial charge in [0.15, 0.2) is 0 Å². The van der Waals surface area contributed by atoms with E-state index in [0.29, 0.717) is 0 Å². The minimum atomic E-state index is 0.936. The van der Waals surface area contributed by atoms with E-state index in [1.807, 2.05) is 0 Å². The molecule has 52 heavy (non-hydrogen) atoms. The van der Waals surface area contributed by atoms with Crippen LogP contribution in [0.1, 0.15) is 45.0 Å². The number of aromatic amines is 4. The molecule has 8 heteroatoms. The topological polar surface area (TPSA) is 63.2 Å². The molecule has 0 spiro atoms. The van der Waals surface area contributed by atoms with E-state index in [1.54, 1.807) is 0 Å². The predicted molar refractivity (Wildman–Crippen MR) is 225 cm³/mol. The van der Waals surface area contributed by atoms with Gasteiger partial charge in [0.1, 0.15) is 0 Å². The van der Waals surface area contributed by atoms with E-state index in [1.165, 1.54) is 0 Å². The molecule has 1 aliphatic heterocycles. The Morgan fingerprint density at radius 2 is 0.462 bits per heavy atom. The highest BCUT2D eigenvalue weighted by Crippen LogP contribution is 2.41. The lowest BCUT2D eigenvalue weighted by Gasteiger charge is -2.10. The second-order valence-electron chi connectivity index (χ2n) is 12.5. The second-order valence-corrected chi connectivity index (χ2v) is 15.7. The van der Waals surface area contributed by atoms with Crippen LogP contribution < -0.4 is 21.4 Å². The van der Waals surface area contributed by atoms with Crippen molar-refractivity contribution in [2.45, 2.75) is 0 Å². The van der Waals surface area contributed by atoms with E-state index in [9.17, 15) is 0 Å². The van der Waals surface area contributed by atoms with E-state index in [2.05, 4.69) is 229 Å². The smallest absolute Gasteiger partial charge is 0.0642 e. The molecule has 0 aliphatic carbocycles. The van der Waals surface area contributed by atoms with E-state index in [-0.39, 0.29) is 0 Å². The molecule has 5 heterocycles. The summed E-state index contributed by atoms with van der Waals surface area (Å²) in [4.78, 5) is 15.5. The number of H-pyrrole nitrogens is 4. The summed E-state index contributed by atoms with van der Waals surface area (Å²) in [5, 5.41) is 3.91. The van der Waals surface area contributed by atoms with Crippen LogP contribution >= 0.6 is 63.7 Å². The molecule has 0 unspecified atom stereocenters. The van der Waals surface area contributed by atoms with Gasteiger partial charge in [0.25, 0.3) is 0 Å². The largest absolute Gasteiger partial charge is 0.354 e. The molecule has 8 bridgehead atoms. The second kappa shape index (κ2) is 13.7. The Bertz CT molecular complexity index is 2480. The first-order valence-electron chi connectivity index (χ1n) is 16.7. The summed E-state index contributed by atoms with van der Waals surface area (Å²) in [7, 11) is 0. The van der Waals surface area contributed by atoms with Gasteiger partial charge >= 0.3 is 0 Å². The van der Waals surface area contributed by atoms with Crippen molar-refractivity contribution < 1.29 is 0 Å². The summed E-state index contributed by atoms with van der Waals surface area (Å²) in [5.41, 5.74) is 12.3. The molecule has 8 aromatic rings. The predicted octanol–water partition coefficient (Wildman–Crippen LogP) is 9.35. The first-order valence-corrected chi connectivity index (χ1v) is 19.9. The lowest BCUT2D eigenvalue weighted by molar-refractivity contribution is 1.18. The molecule has 0 saturated carbocycles. The summed E-state index contributed by atoms with van der Waals surface area (Å²) in [6.45, 7) is 0. The van der Waals surface area contributed by atoms with Crippen LogP contribution in [0.5, 0.6) is 0 Å². The van der Waals surface area contributed by atoms with Crippen molar-refractivity contribution in [3.63, 3.8) is 0 Å². The van der Waals surface area contributed by atoms with Gasteiger partial charge in [-0.05, 0) is 110 Å². The molecule has 0 fully saturated rings.